The van der Waals surface area contributed by atoms with Gasteiger partial charge in [0.15, 0.2) is 11.5 Å². The fraction of sp³-hybridized carbons (Fsp3) is 0.526. The minimum atomic E-state index is -0.00189. The molecule has 0 fully saturated rings. The quantitative estimate of drug-likeness (QED) is 0.813. The molecule has 0 aliphatic heterocycles. The van der Waals surface area contributed by atoms with Gasteiger partial charge in [0.1, 0.15) is 0 Å². The minimum absolute atomic E-state index is 0.000135. The van der Waals surface area contributed by atoms with Crippen molar-refractivity contribution in [3.05, 3.63) is 38.8 Å². The fourth-order valence-electron chi connectivity index (χ4n) is 4.17. The number of hydrogen-bond acceptors (Lipinski definition) is 4. The molecule has 0 saturated carbocycles. The van der Waals surface area contributed by atoms with E-state index in [1.807, 2.05) is 11.3 Å². The molecule has 122 valence electrons. The van der Waals surface area contributed by atoms with Crippen LogP contribution in [0, 0.1) is 5.92 Å². The molecule has 2 atom stereocenters. The Morgan fingerprint density at radius 2 is 1.96 bits per heavy atom. The van der Waals surface area contributed by atoms with Crippen LogP contribution in [-0.4, -0.2) is 15.2 Å². The van der Waals surface area contributed by atoms with Gasteiger partial charge in [-0.25, -0.2) is 4.98 Å². The van der Waals surface area contributed by atoms with Crippen LogP contribution in [0.3, 0.4) is 0 Å². The van der Waals surface area contributed by atoms with E-state index in [-0.39, 0.29) is 11.5 Å². The van der Waals surface area contributed by atoms with Crippen LogP contribution in [-0.2, 0) is 19.3 Å². The van der Waals surface area contributed by atoms with Gasteiger partial charge in [-0.3, -0.25) is 0 Å². The Kier molecular flexibility index (Phi) is 3.80. The summed E-state index contributed by atoms with van der Waals surface area (Å²) < 4.78 is 0. The molecule has 2 aromatic rings. The first-order valence-corrected chi connectivity index (χ1v) is 9.52. The van der Waals surface area contributed by atoms with Crippen molar-refractivity contribution in [2.24, 2.45) is 5.92 Å². The predicted molar refractivity (Wildman–Crippen MR) is 92.5 cm³/mol. The molecule has 1 aromatic carbocycles. The van der Waals surface area contributed by atoms with Crippen LogP contribution < -0.4 is 0 Å². The molecule has 0 radical (unpaired) electrons. The first-order valence-electron chi connectivity index (χ1n) is 8.70. The molecule has 4 rings (SSSR count). The van der Waals surface area contributed by atoms with Gasteiger partial charge in [0.05, 0.1) is 10.7 Å². The molecule has 2 aliphatic carbocycles. The van der Waals surface area contributed by atoms with Crippen molar-refractivity contribution in [2.45, 2.75) is 57.8 Å². The Hall–Kier alpha value is -1.55. The number of aromatic nitrogens is 1. The molecular formula is C19H23NO2S. The van der Waals surface area contributed by atoms with Crippen LogP contribution in [0.1, 0.15) is 65.2 Å². The number of unbranched alkanes of at least 4 members (excludes halogenated alkanes) is 1. The van der Waals surface area contributed by atoms with E-state index in [9.17, 15) is 10.2 Å². The highest BCUT2D eigenvalue weighted by Gasteiger charge is 2.37. The zero-order valence-corrected chi connectivity index (χ0v) is 14.3. The second-order valence-corrected chi connectivity index (χ2v) is 8.04. The van der Waals surface area contributed by atoms with Gasteiger partial charge < -0.3 is 10.2 Å². The standard InChI is InChI=1S/C19H23NO2S/c1-2-3-4-17-20-19-16(23-17)8-7-11-5-6-12-9-14(21)15(22)10-13(12)18(11)19/h9-11,18,21-22H,2-8H2,1H3/t11-,18-/m1/s1. The number of fused-ring (bicyclic) bond motifs is 5. The molecule has 4 heteroatoms. The summed E-state index contributed by atoms with van der Waals surface area (Å²) in [6.07, 6.45) is 8.00. The zero-order valence-electron chi connectivity index (χ0n) is 13.5. The summed E-state index contributed by atoms with van der Waals surface area (Å²) >= 11 is 1.89. The van der Waals surface area contributed by atoms with Crippen LogP contribution in [0.4, 0.5) is 0 Å². The highest BCUT2D eigenvalue weighted by molar-refractivity contribution is 7.11. The number of hydrogen-bond donors (Lipinski definition) is 2. The van der Waals surface area contributed by atoms with Crippen molar-refractivity contribution in [1.82, 2.24) is 4.98 Å². The second-order valence-electron chi connectivity index (χ2n) is 6.87. The normalized spacial score (nSPS) is 22.3. The smallest absolute Gasteiger partial charge is 0.157 e. The van der Waals surface area contributed by atoms with Crippen LogP contribution in [0.25, 0.3) is 0 Å². The Labute approximate surface area is 141 Å². The molecule has 0 unspecified atom stereocenters. The molecule has 1 aromatic heterocycles. The van der Waals surface area contributed by atoms with Gasteiger partial charge in [0.25, 0.3) is 0 Å². The molecule has 23 heavy (non-hydrogen) atoms. The van der Waals surface area contributed by atoms with Crippen molar-refractivity contribution in [3.8, 4) is 11.5 Å². The third kappa shape index (κ3) is 2.53. The number of phenols is 2. The largest absolute Gasteiger partial charge is 0.504 e. The third-order valence-electron chi connectivity index (χ3n) is 5.38. The lowest BCUT2D eigenvalue weighted by molar-refractivity contribution is 0.354. The monoisotopic (exact) mass is 329 g/mol. The lowest BCUT2D eigenvalue weighted by Crippen LogP contribution is -2.26. The summed E-state index contributed by atoms with van der Waals surface area (Å²) in [7, 11) is 0. The summed E-state index contributed by atoms with van der Waals surface area (Å²) in [6, 6.07) is 3.53. The van der Waals surface area contributed by atoms with Crippen molar-refractivity contribution < 1.29 is 10.2 Å². The maximum absolute atomic E-state index is 9.97. The SMILES string of the molecule is CCCCc1nc2c(s1)CC[C@H]1CCc3cc(O)c(O)cc3[C@H]21. The summed E-state index contributed by atoms with van der Waals surface area (Å²) in [5.41, 5.74) is 3.62. The molecule has 0 amide bonds. The van der Waals surface area contributed by atoms with E-state index in [0.29, 0.717) is 11.8 Å². The first-order chi connectivity index (χ1) is 11.2. The number of aryl methyl sites for hydroxylation is 3. The Morgan fingerprint density at radius 1 is 1.17 bits per heavy atom. The molecule has 2 N–H and O–H groups in total. The van der Waals surface area contributed by atoms with Gasteiger partial charge in [0, 0.05) is 10.8 Å². The highest BCUT2D eigenvalue weighted by atomic mass is 32.1. The van der Waals surface area contributed by atoms with E-state index in [1.165, 1.54) is 46.0 Å². The number of phenolic OH excluding ortho intramolecular Hbond substituents is 2. The lowest BCUT2D eigenvalue weighted by atomic mass is 9.69. The van der Waals surface area contributed by atoms with Crippen molar-refractivity contribution in [3.63, 3.8) is 0 Å². The van der Waals surface area contributed by atoms with Crippen molar-refractivity contribution >= 4 is 11.3 Å². The second kappa shape index (κ2) is 5.82. The van der Waals surface area contributed by atoms with E-state index in [2.05, 4.69) is 6.92 Å². The summed E-state index contributed by atoms with van der Waals surface area (Å²) in [6.45, 7) is 2.22. The van der Waals surface area contributed by atoms with E-state index in [4.69, 9.17) is 4.98 Å². The summed E-state index contributed by atoms with van der Waals surface area (Å²) in [5, 5.41) is 21.0. The highest BCUT2D eigenvalue weighted by Crippen LogP contribution is 2.50. The van der Waals surface area contributed by atoms with E-state index < -0.39 is 0 Å². The molecule has 1 heterocycles. The zero-order chi connectivity index (χ0) is 16.0. The van der Waals surface area contributed by atoms with E-state index in [1.54, 1.807) is 12.1 Å². The molecular weight excluding hydrogens is 306 g/mol. The molecule has 0 saturated heterocycles. The molecule has 3 nitrogen and oxygen atoms in total. The number of aromatic hydroxyl groups is 2. The number of nitrogens with zero attached hydrogens (tertiary/aromatic N) is 1. The topological polar surface area (TPSA) is 53.4 Å². The molecule has 2 aliphatic rings. The molecule has 0 spiro atoms. The Bertz CT molecular complexity index is 737. The maximum Gasteiger partial charge on any atom is 0.157 e. The summed E-state index contributed by atoms with van der Waals surface area (Å²) in [5.74, 6) is 0.929. The van der Waals surface area contributed by atoms with Crippen molar-refractivity contribution in [2.75, 3.05) is 0 Å². The fourth-order valence-corrected chi connectivity index (χ4v) is 5.34. The third-order valence-corrected chi connectivity index (χ3v) is 6.57. The molecule has 0 bridgehead atoms. The maximum atomic E-state index is 9.97. The van der Waals surface area contributed by atoms with E-state index >= 15 is 0 Å². The Balaban J connectivity index is 1.77. The van der Waals surface area contributed by atoms with Gasteiger partial charge in [-0.15, -0.1) is 11.3 Å². The van der Waals surface area contributed by atoms with Gasteiger partial charge in [0.2, 0.25) is 0 Å². The first kappa shape index (κ1) is 15.0. The minimum Gasteiger partial charge on any atom is -0.504 e. The number of thiazole rings is 1. The van der Waals surface area contributed by atoms with Crippen LogP contribution >= 0.6 is 11.3 Å². The number of benzene rings is 1. The van der Waals surface area contributed by atoms with Crippen LogP contribution in [0.15, 0.2) is 12.1 Å². The van der Waals surface area contributed by atoms with Crippen LogP contribution in [0.2, 0.25) is 0 Å². The van der Waals surface area contributed by atoms with Crippen molar-refractivity contribution in [1.29, 1.82) is 0 Å². The van der Waals surface area contributed by atoms with Gasteiger partial charge in [-0.05, 0) is 67.7 Å². The van der Waals surface area contributed by atoms with Gasteiger partial charge >= 0.3 is 0 Å². The average molecular weight is 329 g/mol. The predicted octanol–water partition coefficient (Wildman–Crippen LogP) is 4.54. The van der Waals surface area contributed by atoms with Gasteiger partial charge in [-0.2, -0.15) is 0 Å². The summed E-state index contributed by atoms with van der Waals surface area (Å²) in [4.78, 5) is 6.44. The van der Waals surface area contributed by atoms with Crippen LogP contribution in [0.5, 0.6) is 11.5 Å². The number of rotatable bonds is 3. The Morgan fingerprint density at radius 3 is 2.78 bits per heavy atom. The van der Waals surface area contributed by atoms with Gasteiger partial charge in [-0.1, -0.05) is 13.3 Å². The van der Waals surface area contributed by atoms with E-state index in [0.717, 1.165) is 25.7 Å². The lowest BCUT2D eigenvalue weighted by Gasteiger charge is -2.36. The average Bonchev–Trinajstić information content (AvgIpc) is 2.96.